The molecule has 2 rings (SSSR count). The van der Waals surface area contributed by atoms with E-state index in [9.17, 15) is 4.79 Å². The predicted molar refractivity (Wildman–Crippen MR) is 54.3 cm³/mol. The van der Waals surface area contributed by atoms with Crippen LogP contribution in [0, 0.1) is 11.3 Å². The predicted octanol–water partition coefficient (Wildman–Crippen LogP) is 1.44. The number of esters is 1. The lowest BCUT2D eigenvalue weighted by Crippen LogP contribution is -2.08. The molecule has 0 radical (unpaired) electrons. The number of hydrogen-bond acceptors (Lipinski definition) is 5. The van der Waals surface area contributed by atoms with Gasteiger partial charge in [0, 0.05) is 5.39 Å². The molecule has 0 aliphatic rings. The van der Waals surface area contributed by atoms with Gasteiger partial charge in [-0.15, -0.1) is 0 Å². The van der Waals surface area contributed by atoms with E-state index in [-0.39, 0.29) is 13.0 Å². The van der Waals surface area contributed by atoms with Crippen LogP contribution in [0.3, 0.4) is 0 Å². The van der Waals surface area contributed by atoms with Crippen molar-refractivity contribution in [2.24, 2.45) is 0 Å². The van der Waals surface area contributed by atoms with E-state index in [1.54, 1.807) is 12.1 Å². The van der Waals surface area contributed by atoms with Crippen LogP contribution < -0.4 is 0 Å². The lowest BCUT2D eigenvalue weighted by atomic mass is 10.2. The minimum atomic E-state index is -0.486. The summed E-state index contributed by atoms with van der Waals surface area (Å²) >= 11 is 0. The molecule has 1 heterocycles. The van der Waals surface area contributed by atoms with E-state index in [4.69, 9.17) is 9.78 Å². The monoisotopic (exact) mass is 216 g/mol. The second-order valence-electron chi connectivity index (χ2n) is 3.12. The summed E-state index contributed by atoms with van der Waals surface area (Å²) in [6, 6.07) is 8.98. The van der Waals surface area contributed by atoms with E-state index in [0.717, 1.165) is 5.39 Å². The highest BCUT2D eigenvalue weighted by Gasteiger charge is 2.12. The largest absolute Gasteiger partial charge is 0.450 e. The van der Waals surface area contributed by atoms with Gasteiger partial charge in [0.2, 0.25) is 0 Å². The van der Waals surface area contributed by atoms with Gasteiger partial charge in [-0.1, -0.05) is 17.3 Å². The summed E-state index contributed by atoms with van der Waals surface area (Å²) in [7, 11) is 0. The average molecular weight is 216 g/mol. The number of carbonyl (C=O) groups is 1. The van der Waals surface area contributed by atoms with Gasteiger partial charge < -0.3 is 9.26 Å². The molecule has 80 valence electrons. The fourth-order valence-corrected chi connectivity index (χ4v) is 1.37. The molecule has 1 aromatic heterocycles. The number of nitriles is 1. The quantitative estimate of drug-likeness (QED) is 0.725. The minimum Gasteiger partial charge on any atom is -0.450 e. The van der Waals surface area contributed by atoms with Gasteiger partial charge in [-0.3, -0.25) is 4.79 Å². The van der Waals surface area contributed by atoms with Crippen LogP contribution in [-0.4, -0.2) is 17.7 Å². The molecule has 0 atom stereocenters. The highest BCUT2D eigenvalue weighted by Crippen LogP contribution is 2.18. The summed E-state index contributed by atoms with van der Waals surface area (Å²) < 4.78 is 9.66. The van der Waals surface area contributed by atoms with Gasteiger partial charge in [0.25, 0.3) is 0 Å². The van der Waals surface area contributed by atoms with Gasteiger partial charge in [0.1, 0.15) is 11.8 Å². The molecule has 0 fully saturated rings. The van der Waals surface area contributed by atoms with Crippen molar-refractivity contribution in [2.75, 3.05) is 6.61 Å². The Balaban J connectivity index is 2.16. The second-order valence-corrected chi connectivity index (χ2v) is 3.12. The highest BCUT2D eigenvalue weighted by molar-refractivity contribution is 5.84. The van der Waals surface area contributed by atoms with Gasteiger partial charge >= 0.3 is 5.97 Å². The number of ether oxygens (including phenoxy) is 1. The third kappa shape index (κ3) is 2.01. The van der Waals surface area contributed by atoms with E-state index < -0.39 is 5.97 Å². The minimum absolute atomic E-state index is 0.0126. The summed E-state index contributed by atoms with van der Waals surface area (Å²) in [6.45, 7) is -0.241. The summed E-state index contributed by atoms with van der Waals surface area (Å²) in [4.78, 5) is 11.3. The van der Waals surface area contributed by atoms with Crippen molar-refractivity contribution < 1.29 is 14.1 Å². The molecule has 0 N–H and O–H groups in total. The fourth-order valence-electron chi connectivity index (χ4n) is 1.37. The first-order chi connectivity index (χ1) is 7.81. The Morgan fingerprint density at radius 2 is 2.31 bits per heavy atom. The van der Waals surface area contributed by atoms with Crippen molar-refractivity contribution in [2.45, 2.75) is 6.42 Å². The molecule has 0 aliphatic heterocycles. The van der Waals surface area contributed by atoms with Gasteiger partial charge in [0.15, 0.2) is 12.2 Å². The van der Waals surface area contributed by atoms with Crippen molar-refractivity contribution in [3.63, 3.8) is 0 Å². The maximum Gasteiger partial charge on any atom is 0.313 e. The van der Waals surface area contributed by atoms with Crippen LogP contribution in [0.15, 0.2) is 28.8 Å². The first kappa shape index (κ1) is 10.2. The Bertz CT molecular complexity index is 554. The van der Waals surface area contributed by atoms with Gasteiger partial charge in [-0.05, 0) is 12.1 Å². The maximum atomic E-state index is 11.3. The maximum absolute atomic E-state index is 11.3. The first-order valence-corrected chi connectivity index (χ1v) is 4.67. The summed E-state index contributed by atoms with van der Waals surface area (Å²) in [6.07, 6.45) is 0.0126. The SMILES string of the molecule is N#CCOC(=O)Cc1noc2ccccc12. The Morgan fingerprint density at radius 3 is 3.12 bits per heavy atom. The second kappa shape index (κ2) is 4.45. The lowest BCUT2D eigenvalue weighted by molar-refractivity contribution is -0.141. The molecule has 1 aromatic carbocycles. The van der Waals surface area contributed by atoms with E-state index >= 15 is 0 Å². The van der Waals surface area contributed by atoms with Crippen molar-refractivity contribution >= 4 is 16.9 Å². The number of carbonyl (C=O) groups excluding carboxylic acids is 1. The van der Waals surface area contributed by atoms with E-state index in [0.29, 0.717) is 11.3 Å². The normalized spacial score (nSPS) is 9.94. The van der Waals surface area contributed by atoms with Crippen LogP contribution >= 0.6 is 0 Å². The summed E-state index contributed by atoms with van der Waals surface area (Å²) in [5.41, 5.74) is 1.16. The topological polar surface area (TPSA) is 76.1 Å². The Hall–Kier alpha value is -2.35. The van der Waals surface area contributed by atoms with E-state index in [2.05, 4.69) is 9.89 Å². The smallest absolute Gasteiger partial charge is 0.313 e. The molecule has 0 amide bonds. The molecule has 2 aromatic rings. The van der Waals surface area contributed by atoms with Crippen LogP contribution in [0.2, 0.25) is 0 Å². The highest BCUT2D eigenvalue weighted by atomic mass is 16.5. The van der Waals surface area contributed by atoms with Crippen molar-refractivity contribution in [1.82, 2.24) is 5.16 Å². The van der Waals surface area contributed by atoms with Gasteiger partial charge in [-0.25, -0.2) is 0 Å². The molecular formula is C11H8N2O3. The van der Waals surface area contributed by atoms with Crippen molar-refractivity contribution in [1.29, 1.82) is 5.26 Å². The van der Waals surface area contributed by atoms with Crippen LogP contribution in [-0.2, 0) is 16.0 Å². The average Bonchev–Trinajstić information content (AvgIpc) is 2.70. The summed E-state index contributed by atoms with van der Waals surface area (Å²) in [5, 5.41) is 12.8. The number of hydrogen-bond donors (Lipinski definition) is 0. The number of fused-ring (bicyclic) bond motifs is 1. The molecule has 0 saturated carbocycles. The van der Waals surface area contributed by atoms with Crippen LogP contribution in [0.25, 0.3) is 11.0 Å². The lowest BCUT2D eigenvalue weighted by Gasteiger charge is -1.96. The first-order valence-electron chi connectivity index (χ1n) is 4.67. The third-order valence-electron chi connectivity index (χ3n) is 2.06. The Kier molecular flexibility index (Phi) is 2.83. The number of benzene rings is 1. The van der Waals surface area contributed by atoms with Gasteiger partial charge in [-0.2, -0.15) is 5.26 Å². The number of nitrogens with zero attached hydrogens (tertiary/aromatic N) is 2. The fraction of sp³-hybridized carbons (Fsp3) is 0.182. The number of rotatable bonds is 3. The molecule has 0 unspecified atom stereocenters. The zero-order chi connectivity index (χ0) is 11.4. The molecule has 5 nitrogen and oxygen atoms in total. The number of para-hydroxylation sites is 1. The molecule has 16 heavy (non-hydrogen) atoms. The number of aromatic nitrogens is 1. The summed E-state index contributed by atoms with van der Waals surface area (Å²) in [5.74, 6) is -0.486. The van der Waals surface area contributed by atoms with Crippen LogP contribution in [0.5, 0.6) is 0 Å². The molecule has 0 spiro atoms. The third-order valence-corrected chi connectivity index (χ3v) is 2.06. The standard InChI is InChI=1S/C11H8N2O3/c12-5-6-15-11(14)7-9-8-3-1-2-4-10(8)16-13-9/h1-4H,6-7H2. The van der Waals surface area contributed by atoms with Crippen molar-refractivity contribution in [3.05, 3.63) is 30.0 Å². The van der Waals surface area contributed by atoms with Gasteiger partial charge in [0.05, 0.1) is 6.42 Å². The van der Waals surface area contributed by atoms with E-state index in [1.165, 1.54) is 0 Å². The Morgan fingerprint density at radius 1 is 1.50 bits per heavy atom. The molecule has 5 heteroatoms. The molecule has 0 saturated heterocycles. The zero-order valence-corrected chi connectivity index (χ0v) is 8.34. The van der Waals surface area contributed by atoms with E-state index in [1.807, 2.05) is 18.2 Å². The van der Waals surface area contributed by atoms with Crippen LogP contribution in [0.4, 0.5) is 0 Å². The van der Waals surface area contributed by atoms with Crippen LogP contribution in [0.1, 0.15) is 5.69 Å². The zero-order valence-electron chi connectivity index (χ0n) is 8.34. The Labute approximate surface area is 91.2 Å². The van der Waals surface area contributed by atoms with Crippen molar-refractivity contribution in [3.8, 4) is 6.07 Å². The molecular weight excluding hydrogens is 208 g/mol. The molecule has 0 aliphatic carbocycles. The molecule has 0 bridgehead atoms.